The molecule has 0 radical (unpaired) electrons. The van der Waals surface area contributed by atoms with Crippen LogP contribution in [0.2, 0.25) is 0 Å². The fourth-order valence-electron chi connectivity index (χ4n) is 2.55. The lowest BCUT2D eigenvalue weighted by molar-refractivity contribution is 0.617. The summed E-state index contributed by atoms with van der Waals surface area (Å²) in [5.41, 5.74) is 2.45. The van der Waals surface area contributed by atoms with E-state index in [0.717, 1.165) is 31.1 Å². The van der Waals surface area contributed by atoms with Crippen LogP contribution < -0.4 is 10.2 Å². The minimum absolute atomic E-state index is 0.493. The van der Waals surface area contributed by atoms with Crippen molar-refractivity contribution < 1.29 is 0 Å². The van der Waals surface area contributed by atoms with Gasteiger partial charge >= 0.3 is 0 Å². The number of pyridine rings is 1. The average molecular weight is 291 g/mol. The fourth-order valence-corrected chi connectivity index (χ4v) is 2.55. The third-order valence-corrected chi connectivity index (χ3v) is 3.68. The molecule has 0 bridgehead atoms. The molecular weight excluding hydrogens is 258 g/mol. The molecule has 1 rings (SSSR count). The van der Waals surface area contributed by atoms with Crippen molar-refractivity contribution in [1.29, 1.82) is 0 Å². The van der Waals surface area contributed by atoms with Crippen molar-refractivity contribution in [3.05, 3.63) is 23.4 Å². The van der Waals surface area contributed by atoms with E-state index in [0.29, 0.717) is 6.04 Å². The third-order valence-electron chi connectivity index (χ3n) is 3.68. The van der Waals surface area contributed by atoms with Gasteiger partial charge in [-0.1, -0.05) is 26.7 Å². The average Bonchev–Trinajstić information content (AvgIpc) is 2.43. The second-order valence-electron chi connectivity index (χ2n) is 6.15. The molecule has 0 fully saturated rings. The Morgan fingerprint density at radius 2 is 1.90 bits per heavy atom. The van der Waals surface area contributed by atoms with Crippen molar-refractivity contribution in [1.82, 2.24) is 10.3 Å². The highest BCUT2D eigenvalue weighted by Gasteiger charge is 2.12. The number of hydrogen-bond acceptors (Lipinski definition) is 3. The number of nitrogens with zero attached hydrogens (tertiary/aromatic N) is 2. The van der Waals surface area contributed by atoms with Gasteiger partial charge in [-0.3, -0.25) is 0 Å². The van der Waals surface area contributed by atoms with Crippen LogP contribution in [0.15, 0.2) is 12.1 Å². The molecule has 120 valence electrons. The van der Waals surface area contributed by atoms with Crippen LogP contribution in [-0.4, -0.2) is 24.1 Å². The van der Waals surface area contributed by atoms with Crippen molar-refractivity contribution in [3.8, 4) is 0 Å². The molecule has 0 aliphatic carbocycles. The van der Waals surface area contributed by atoms with Crippen molar-refractivity contribution in [2.75, 3.05) is 18.0 Å². The third kappa shape index (κ3) is 6.47. The molecule has 0 amide bonds. The lowest BCUT2D eigenvalue weighted by atomic mass is 10.1. The van der Waals surface area contributed by atoms with Crippen molar-refractivity contribution in [3.63, 3.8) is 0 Å². The molecule has 3 nitrogen and oxygen atoms in total. The molecule has 1 aromatic heterocycles. The van der Waals surface area contributed by atoms with Gasteiger partial charge in [0.15, 0.2) is 0 Å². The SMILES string of the molecule is CCCCCN(c1cc(CNCCC)cc(C)n1)C(C)C. The molecule has 0 spiro atoms. The molecule has 0 saturated carbocycles. The highest BCUT2D eigenvalue weighted by Crippen LogP contribution is 2.18. The van der Waals surface area contributed by atoms with Gasteiger partial charge in [0.2, 0.25) is 0 Å². The number of anilines is 1. The van der Waals surface area contributed by atoms with Crippen LogP contribution in [-0.2, 0) is 6.54 Å². The maximum Gasteiger partial charge on any atom is 0.129 e. The summed E-state index contributed by atoms with van der Waals surface area (Å²) in [7, 11) is 0. The smallest absolute Gasteiger partial charge is 0.129 e. The normalized spacial score (nSPS) is 11.1. The Kier molecular flexibility index (Phi) is 8.36. The van der Waals surface area contributed by atoms with Gasteiger partial charge < -0.3 is 10.2 Å². The molecule has 0 atom stereocenters. The fraction of sp³-hybridized carbons (Fsp3) is 0.722. The van der Waals surface area contributed by atoms with E-state index in [-0.39, 0.29) is 0 Å². The molecular formula is C18H33N3. The molecule has 0 saturated heterocycles. The molecule has 1 aromatic rings. The second kappa shape index (κ2) is 9.78. The number of aromatic nitrogens is 1. The van der Waals surface area contributed by atoms with Gasteiger partial charge in [0.1, 0.15) is 5.82 Å². The number of nitrogens with one attached hydrogen (secondary N) is 1. The highest BCUT2D eigenvalue weighted by atomic mass is 15.2. The maximum atomic E-state index is 4.76. The Morgan fingerprint density at radius 1 is 1.14 bits per heavy atom. The van der Waals surface area contributed by atoms with Crippen molar-refractivity contribution in [2.24, 2.45) is 0 Å². The van der Waals surface area contributed by atoms with E-state index in [2.05, 4.69) is 57.0 Å². The molecule has 3 heteroatoms. The zero-order valence-corrected chi connectivity index (χ0v) is 14.6. The monoisotopic (exact) mass is 291 g/mol. The van der Waals surface area contributed by atoms with Crippen LogP contribution in [0.1, 0.15) is 64.6 Å². The van der Waals surface area contributed by atoms with Crippen LogP contribution in [0, 0.1) is 6.92 Å². The summed E-state index contributed by atoms with van der Waals surface area (Å²) in [4.78, 5) is 7.20. The Morgan fingerprint density at radius 3 is 2.52 bits per heavy atom. The van der Waals surface area contributed by atoms with Gasteiger partial charge in [0.25, 0.3) is 0 Å². The van der Waals surface area contributed by atoms with E-state index >= 15 is 0 Å². The summed E-state index contributed by atoms with van der Waals surface area (Å²) in [6.07, 6.45) is 4.97. The zero-order valence-electron chi connectivity index (χ0n) is 14.6. The number of hydrogen-bond donors (Lipinski definition) is 1. The van der Waals surface area contributed by atoms with Crippen LogP contribution in [0.25, 0.3) is 0 Å². The van der Waals surface area contributed by atoms with E-state index in [1.165, 1.54) is 31.2 Å². The molecule has 0 aliphatic heterocycles. The van der Waals surface area contributed by atoms with Gasteiger partial charge in [-0.25, -0.2) is 4.98 Å². The Bertz CT molecular complexity index is 401. The second-order valence-corrected chi connectivity index (χ2v) is 6.15. The minimum Gasteiger partial charge on any atom is -0.354 e. The molecule has 1 heterocycles. The van der Waals surface area contributed by atoms with E-state index in [4.69, 9.17) is 4.98 Å². The van der Waals surface area contributed by atoms with Gasteiger partial charge in [-0.15, -0.1) is 0 Å². The summed E-state index contributed by atoms with van der Waals surface area (Å²) in [5, 5.41) is 3.48. The standard InChI is InChI=1S/C18H33N3/c1-6-8-9-11-21(15(3)4)18-13-17(12-16(5)20-18)14-19-10-7-2/h12-13,15,19H,6-11,14H2,1-5H3. The summed E-state index contributed by atoms with van der Waals surface area (Å²) in [6.45, 7) is 14.2. The Balaban J connectivity index is 2.81. The van der Waals surface area contributed by atoms with Gasteiger partial charge in [0.05, 0.1) is 0 Å². The lowest BCUT2D eigenvalue weighted by Gasteiger charge is -2.28. The van der Waals surface area contributed by atoms with Crippen molar-refractivity contribution >= 4 is 5.82 Å². The molecule has 21 heavy (non-hydrogen) atoms. The van der Waals surface area contributed by atoms with Gasteiger partial charge in [-0.2, -0.15) is 0 Å². The Hall–Kier alpha value is -1.09. The first kappa shape index (κ1) is 18.0. The van der Waals surface area contributed by atoms with Crippen molar-refractivity contribution in [2.45, 2.75) is 72.9 Å². The highest BCUT2D eigenvalue weighted by molar-refractivity contribution is 5.43. The lowest BCUT2D eigenvalue weighted by Crippen LogP contribution is -2.32. The van der Waals surface area contributed by atoms with E-state index in [1.54, 1.807) is 0 Å². The predicted octanol–water partition coefficient (Wildman–Crippen LogP) is 4.29. The largest absolute Gasteiger partial charge is 0.354 e. The van der Waals surface area contributed by atoms with E-state index in [9.17, 15) is 0 Å². The molecule has 0 unspecified atom stereocenters. The molecule has 0 aliphatic rings. The molecule has 0 aromatic carbocycles. The summed E-state index contributed by atoms with van der Waals surface area (Å²) < 4.78 is 0. The maximum absolute atomic E-state index is 4.76. The predicted molar refractivity (Wildman–Crippen MR) is 93.0 cm³/mol. The van der Waals surface area contributed by atoms with Crippen LogP contribution in [0.5, 0.6) is 0 Å². The van der Waals surface area contributed by atoms with Crippen LogP contribution >= 0.6 is 0 Å². The van der Waals surface area contributed by atoms with E-state index < -0.39 is 0 Å². The van der Waals surface area contributed by atoms with Gasteiger partial charge in [0, 0.05) is 24.8 Å². The topological polar surface area (TPSA) is 28.2 Å². The summed E-state index contributed by atoms with van der Waals surface area (Å²) >= 11 is 0. The van der Waals surface area contributed by atoms with Crippen LogP contribution in [0.4, 0.5) is 5.82 Å². The minimum atomic E-state index is 0.493. The first-order valence-corrected chi connectivity index (χ1v) is 8.53. The summed E-state index contributed by atoms with van der Waals surface area (Å²) in [6, 6.07) is 4.94. The van der Waals surface area contributed by atoms with Crippen LogP contribution in [0.3, 0.4) is 0 Å². The zero-order chi connectivity index (χ0) is 15.7. The molecule has 1 N–H and O–H groups in total. The number of aryl methyl sites for hydroxylation is 1. The summed E-state index contributed by atoms with van der Waals surface area (Å²) in [5.74, 6) is 1.13. The Labute approximate surface area is 131 Å². The number of unbranched alkanes of at least 4 members (excludes halogenated alkanes) is 2. The van der Waals surface area contributed by atoms with E-state index in [1.807, 2.05) is 0 Å². The number of rotatable bonds is 10. The first-order valence-electron chi connectivity index (χ1n) is 8.53. The quantitative estimate of drug-likeness (QED) is 0.652. The van der Waals surface area contributed by atoms with Gasteiger partial charge in [-0.05, 0) is 57.9 Å². The first-order chi connectivity index (χ1) is 10.1.